The maximum atomic E-state index is 12.7. The van der Waals surface area contributed by atoms with Crippen LogP contribution in [0.2, 0.25) is 18.1 Å². The van der Waals surface area contributed by atoms with Crippen LogP contribution >= 0.6 is 0 Å². The second-order valence-corrected chi connectivity index (χ2v) is 18.4. The number of aliphatic hydroxyl groups excluding tert-OH is 1. The topological polar surface area (TPSA) is 65.0 Å². The molecule has 37 heavy (non-hydrogen) atoms. The SMILES string of the molecule is C=C(C)[C@@H]1CC[C@@](CO)(CC(=O)OC(C)(C)C)C[C@H]1c1ccc(OCCCO[Si](C)(C)C(C)(C)C)cc1. The molecule has 210 valence electrons. The fourth-order valence-corrected chi connectivity index (χ4v) is 6.05. The van der Waals surface area contributed by atoms with Gasteiger partial charge in [0.05, 0.1) is 13.0 Å². The summed E-state index contributed by atoms with van der Waals surface area (Å²) in [5, 5.41) is 10.6. The first kappa shape index (κ1) is 31.6. The lowest BCUT2D eigenvalue weighted by atomic mass is 9.61. The quantitative estimate of drug-likeness (QED) is 0.137. The van der Waals surface area contributed by atoms with Crippen LogP contribution in [0.1, 0.15) is 92.1 Å². The fraction of sp³-hybridized carbons (Fsp3) is 0.710. The van der Waals surface area contributed by atoms with Crippen LogP contribution in [0.3, 0.4) is 0 Å². The van der Waals surface area contributed by atoms with E-state index in [4.69, 9.17) is 13.9 Å². The number of ether oxygens (including phenoxy) is 2. The summed E-state index contributed by atoms with van der Waals surface area (Å²) in [4.78, 5) is 12.7. The molecular formula is C31H52O5Si. The highest BCUT2D eigenvalue weighted by Gasteiger charge is 2.43. The molecule has 0 heterocycles. The summed E-state index contributed by atoms with van der Waals surface area (Å²) < 4.78 is 17.8. The minimum absolute atomic E-state index is 0.0240. The first-order chi connectivity index (χ1) is 17.0. The molecule has 1 saturated carbocycles. The van der Waals surface area contributed by atoms with Crippen molar-refractivity contribution >= 4 is 14.3 Å². The Bertz CT molecular complexity index is 894. The Morgan fingerprint density at radius 2 is 1.73 bits per heavy atom. The molecule has 6 heteroatoms. The highest BCUT2D eigenvalue weighted by atomic mass is 28.4. The van der Waals surface area contributed by atoms with Crippen LogP contribution in [0.4, 0.5) is 0 Å². The van der Waals surface area contributed by atoms with Crippen LogP contribution in [0.15, 0.2) is 36.4 Å². The van der Waals surface area contributed by atoms with Gasteiger partial charge in [0.2, 0.25) is 0 Å². The number of carbonyl (C=O) groups is 1. The number of hydrogen-bond acceptors (Lipinski definition) is 5. The maximum Gasteiger partial charge on any atom is 0.306 e. The third kappa shape index (κ3) is 9.26. The van der Waals surface area contributed by atoms with Crippen LogP contribution in [-0.2, 0) is 14.0 Å². The molecule has 1 fully saturated rings. The van der Waals surface area contributed by atoms with Gasteiger partial charge in [-0.05, 0) is 94.6 Å². The summed E-state index contributed by atoms with van der Waals surface area (Å²) in [7, 11) is -1.72. The Kier molecular flexibility index (Phi) is 10.7. The Morgan fingerprint density at radius 3 is 2.24 bits per heavy atom. The smallest absolute Gasteiger partial charge is 0.306 e. The van der Waals surface area contributed by atoms with Gasteiger partial charge < -0.3 is 19.0 Å². The predicted molar refractivity (Wildman–Crippen MR) is 155 cm³/mol. The summed E-state index contributed by atoms with van der Waals surface area (Å²) in [5.74, 6) is 1.11. The minimum atomic E-state index is -1.72. The number of benzene rings is 1. The maximum absolute atomic E-state index is 12.7. The van der Waals surface area contributed by atoms with E-state index in [1.54, 1.807) is 0 Å². The van der Waals surface area contributed by atoms with Crippen molar-refractivity contribution in [1.82, 2.24) is 0 Å². The summed E-state index contributed by atoms with van der Waals surface area (Å²) in [5.41, 5.74) is 1.34. The van der Waals surface area contributed by atoms with E-state index in [1.807, 2.05) is 32.9 Å². The molecule has 0 saturated heterocycles. The van der Waals surface area contributed by atoms with Crippen molar-refractivity contribution in [3.05, 3.63) is 42.0 Å². The average Bonchev–Trinajstić information content (AvgIpc) is 2.77. The molecule has 1 aliphatic carbocycles. The molecule has 0 amide bonds. The highest BCUT2D eigenvalue weighted by Crippen LogP contribution is 2.51. The number of esters is 1. The normalized spacial score (nSPS) is 23.0. The van der Waals surface area contributed by atoms with Crippen molar-refractivity contribution in [2.45, 2.75) is 110 Å². The number of hydrogen-bond donors (Lipinski definition) is 1. The zero-order valence-electron chi connectivity index (χ0n) is 24.9. The Balaban J connectivity index is 2.03. The van der Waals surface area contributed by atoms with Crippen LogP contribution in [0.25, 0.3) is 0 Å². The van der Waals surface area contributed by atoms with Crippen LogP contribution in [0, 0.1) is 11.3 Å². The van der Waals surface area contributed by atoms with Gasteiger partial charge in [-0.3, -0.25) is 4.79 Å². The molecule has 3 atom stereocenters. The van der Waals surface area contributed by atoms with Gasteiger partial charge in [-0.15, -0.1) is 0 Å². The molecule has 0 bridgehead atoms. The molecule has 1 aromatic rings. The standard InChI is InChI=1S/C31H52O5Si/c1-23(2)26-16-17-31(22-32,21-28(33)36-29(3,4)5)20-27(26)24-12-14-25(15-13-24)34-18-11-19-35-37(9,10)30(6,7)8/h12-15,26-27,32H,1,11,16-22H2,2-10H3/t26-,27-,31-/m0/s1. The summed E-state index contributed by atoms with van der Waals surface area (Å²) in [6.07, 6.45) is 3.51. The minimum Gasteiger partial charge on any atom is -0.494 e. The van der Waals surface area contributed by atoms with Gasteiger partial charge in [-0.25, -0.2) is 0 Å². The lowest BCUT2D eigenvalue weighted by Gasteiger charge is -2.44. The molecule has 1 N–H and O–H groups in total. The molecule has 0 unspecified atom stereocenters. The predicted octanol–water partition coefficient (Wildman–Crippen LogP) is 7.65. The Hall–Kier alpha value is -1.63. The summed E-state index contributed by atoms with van der Waals surface area (Å²) >= 11 is 0. The van der Waals surface area contributed by atoms with Gasteiger partial charge in [0, 0.05) is 25.0 Å². The number of rotatable bonds is 11. The average molecular weight is 533 g/mol. The number of carbonyl (C=O) groups excluding carboxylic acids is 1. The van der Waals surface area contributed by atoms with E-state index >= 15 is 0 Å². The largest absolute Gasteiger partial charge is 0.494 e. The van der Waals surface area contributed by atoms with Gasteiger partial charge in [0.15, 0.2) is 8.32 Å². The Labute approximate surface area is 227 Å². The molecule has 1 aromatic carbocycles. The third-order valence-corrected chi connectivity index (χ3v) is 12.7. The summed E-state index contributed by atoms with van der Waals surface area (Å²) in [6, 6.07) is 8.32. The molecule has 0 aliphatic heterocycles. The highest BCUT2D eigenvalue weighted by molar-refractivity contribution is 6.74. The van der Waals surface area contributed by atoms with E-state index < -0.39 is 19.3 Å². The van der Waals surface area contributed by atoms with E-state index in [2.05, 4.69) is 59.5 Å². The van der Waals surface area contributed by atoms with Crippen molar-refractivity contribution in [3.8, 4) is 5.75 Å². The lowest BCUT2D eigenvalue weighted by Crippen LogP contribution is -2.41. The molecule has 0 spiro atoms. The molecule has 5 nitrogen and oxygen atoms in total. The summed E-state index contributed by atoms with van der Waals surface area (Å²) in [6.45, 7) is 24.6. The fourth-order valence-electron chi connectivity index (χ4n) is 4.96. The Morgan fingerprint density at radius 1 is 1.11 bits per heavy atom. The first-order valence-electron chi connectivity index (χ1n) is 13.8. The number of allylic oxidation sites excluding steroid dienone is 1. The van der Waals surface area contributed by atoms with E-state index in [-0.39, 0.29) is 30.0 Å². The zero-order chi connectivity index (χ0) is 28.1. The second kappa shape index (κ2) is 12.5. The van der Waals surface area contributed by atoms with Crippen LogP contribution in [-0.4, -0.2) is 44.8 Å². The van der Waals surface area contributed by atoms with Crippen molar-refractivity contribution in [2.24, 2.45) is 11.3 Å². The molecule has 0 aromatic heterocycles. The zero-order valence-corrected chi connectivity index (χ0v) is 25.9. The van der Waals surface area contributed by atoms with Gasteiger partial charge in [0.25, 0.3) is 0 Å². The van der Waals surface area contributed by atoms with Crippen molar-refractivity contribution < 1.29 is 23.8 Å². The van der Waals surface area contributed by atoms with E-state index in [9.17, 15) is 9.90 Å². The third-order valence-electron chi connectivity index (χ3n) is 8.17. The lowest BCUT2D eigenvalue weighted by molar-refractivity contribution is -0.159. The first-order valence-corrected chi connectivity index (χ1v) is 16.7. The molecule has 2 rings (SSSR count). The molecule has 1 aliphatic rings. The monoisotopic (exact) mass is 532 g/mol. The van der Waals surface area contributed by atoms with Gasteiger partial charge in [-0.1, -0.05) is 45.1 Å². The van der Waals surface area contributed by atoms with Crippen molar-refractivity contribution in [2.75, 3.05) is 19.8 Å². The van der Waals surface area contributed by atoms with Crippen LogP contribution < -0.4 is 4.74 Å². The van der Waals surface area contributed by atoms with E-state index in [0.717, 1.165) is 43.6 Å². The van der Waals surface area contributed by atoms with Gasteiger partial charge in [-0.2, -0.15) is 0 Å². The molecular weight excluding hydrogens is 480 g/mol. The van der Waals surface area contributed by atoms with Crippen molar-refractivity contribution in [3.63, 3.8) is 0 Å². The van der Waals surface area contributed by atoms with E-state index in [1.165, 1.54) is 5.56 Å². The van der Waals surface area contributed by atoms with E-state index in [0.29, 0.717) is 12.5 Å². The second-order valence-electron chi connectivity index (χ2n) is 13.6. The molecule has 0 radical (unpaired) electrons. The van der Waals surface area contributed by atoms with Gasteiger partial charge in [0.1, 0.15) is 11.4 Å². The van der Waals surface area contributed by atoms with Gasteiger partial charge >= 0.3 is 5.97 Å². The van der Waals surface area contributed by atoms with Crippen LogP contribution in [0.5, 0.6) is 5.75 Å². The van der Waals surface area contributed by atoms with Crippen molar-refractivity contribution in [1.29, 1.82) is 0 Å². The number of aliphatic hydroxyl groups is 1.